The van der Waals surface area contributed by atoms with Gasteiger partial charge in [-0.05, 0) is 30.3 Å². The second-order valence-electron chi connectivity index (χ2n) is 5.81. The molecular weight excluding hydrogens is 375 g/mol. The Morgan fingerprint density at radius 3 is 2.71 bits per heavy atom. The highest BCUT2D eigenvalue weighted by atomic mass is 19.4. The highest BCUT2D eigenvalue weighted by molar-refractivity contribution is 5.93. The summed E-state index contributed by atoms with van der Waals surface area (Å²) >= 11 is 0. The van der Waals surface area contributed by atoms with E-state index in [-0.39, 0.29) is 29.3 Å². The Balaban J connectivity index is 1.70. The third kappa shape index (κ3) is 3.43. The molecule has 142 valence electrons. The standard InChI is InChI=1S/C18H12F3N5O2/c19-18(20,21)15-8-12(14-5-3-7-28-14)24-16-9-13(25-26(15)16)17(27)23-10-11-4-1-2-6-22-11/h1-9H,10H2,(H,23,27). The number of aromatic nitrogens is 4. The van der Waals surface area contributed by atoms with E-state index in [0.29, 0.717) is 10.2 Å². The average Bonchev–Trinajstić information content (AvgIpc) is 3.34. The summed E-state index contributed by atoms with van der Waals surface area (Å²) in [6, 6.07) is 10.3. The van der Waals surface area contributed by atoms with Gasteiger partial charge in [0.2, 0.25) is 0 Å². The van der Waals surface area contributed by atoms with Crippen molar-refractivity contribution in [1.82, 2.24) is 24.9 Å². The van der Waals surface area contributed by atoms with Crippen LogP contribution in [0.1, 0.15) is 21.9 Å². The summed E-state index contributed by atoms with van der Waals surface area (Å²) in [5, 5.41) is 6.36. The fourth-order valence-corrected chi connectivity index (χ4v) is 2.60. The van der Waals surface area contributed by atoms with Gasteiger partial charge < -0.3 is 9.73 Å². The number of furan rings is 1. The lowest BCUT2D eigenvalue weighted by Crippen LogP contribution is -2.24. The van der Waals surface area contributed by atoms with E-state index in [2.05, 4.69) is 20.4 Å². The molecule has 4 rings (SSSR count). The molecule has 7 nitrogen and oxygen atoms in total. The van der Waals surface area contributed by atoms with Gasteiger partial charge in [0.15, 0.2) is 22.8 Å². The number of hydrogen-bond acceptors (Lipinski definition) is 5. The zero-order chi connectivity index (χ0) is 19.7. The van der Waals surface area contributed by atoms with Gasteiger partial charge in [-0.3, -0.25) is 9.78 Å². The van der Waals surface area contributed by atoms with E-state index < -0.39 is 17.8 Å². The van der Waals surface area contributed by atoms with Crippen LogP contribution in [-0.4, -0.2) is 25.5 Å². The molecule has 28 heavy (non-hydrogen) atoms. The van der Waals surface area contributed by atoms with E-state index in [9.17, 15) is 18.0 Å². The molecule has 0 aromatic carbocycles. The number of pyridine rings is 1. The summed E-state index contributed by atoms with van der Waals surface area (Å²) in [5.74, 6) is -0.459. The lowest BCUT2D eigenvalue weighted by Gasteiger charge is -2.09. The normalized spacial score (nSPS) is 11.7. The van der Waals surface area contributed by atoms with E-state index in [0.717, 1.165) is 6.07 Å². The van der Waals surface area contributed by atoms with Crippen molar-refractivity contribution in [2.75, 3.05) is 0 Å². The van der Waals surface area contributed by atoms with E-state index in [1.807, 2.05) is 0 Å². The van der Waals surface area contributed by atoms with Gasteiger partial charge in [-0.1, -0.05) is 6.07 Å². The zero-order valence-corrected chi connectivity index (χ0v) is 14.1. The van der Waals surface area contributed by atoms with Crippen LogP contribution in [0.5, 0.6) is 0 Å². The third-order valence-electron chi connectivity index (χ3n) is 3.88. The summed E-state index contributed by atoms with van der Waals surface area (Å²) in [7, 11) is 0. The zero-order valence-electron chi connectivity index (χ0n) is 14.1. The quantitative estimate of drug-likeness (QED) is 0.581. The Morgan fingerprint density at radius 2 is 2.04 bits per heavy atom. The number of carbonyl (C=O) groups is 1. The van der Waals surface area contributed by atoms with Crippen LogP contribution in [0.2, 0.25) is 0 Å². The maximum atomic E-state index is 13.5. The first kappa shape index (κ1) is 17.7. The smallest absolute Gasteiger partial charge is 0.433 e. The minimum atomic E-state index is -4.70. The van der Waals surface area contributed by atoms with Crippen LogP contribution in [0.4, 0.5) is 13.2 Å². The first-order chi connectivity index (χ1) is 13.4. The first-order valence-corrected chi connectivity index (χ1v) is 8.12. The van der Waals surface area contributed by atoms with Gasteiger partial charge in [0.25, 0.3) is 5.91 Å². The van der Waals surface area contributed by atoms with E-state index >= 15 is 0 Å². The van der Waals surface area contributed by atoms with Crippen molar-refractivity contribution in [1.29, 1.82) is 0 Å². The summed E-state index contributed by atoms with van der Waals surface area (Å²) < 4.78 is 46.2. The van der Waals surface area contributed by atoms with Crippen molar-refractivity contribution in [2.45, 2.75) is 12.7 Å². The molecule has 0 unspecified atom stereocenters. The third-order valence-corrected chi connectivity index (χ3v) is 3.88. The van der Waals surface area contributed by atoms with Crippen molar-refractivity contribution >= 4 is 11.6 Å². The van der Waals surface area contributed by atoms with Crippen LogP contribution >= 0.6 is 0 Å². The molecule has 0 atom stereocenters. The van der Waals surface area contributed by atoms with Gasteiger partial charge in [-0.15, -0.1) is 0 Å². The molecule has 0 saturated heterocycles. The fourth-order valence-electron chi connectivity index (χ4n) is 2.60. The molecule has 0 spiro atoms. The number of hydrogen-bond donors (Lipinski definition) is 1. The van der Waals surface area contributed by atoms with E-state index in [1.165, 1.54) is 18.4 Å². The number of nitrogens with one attached hydrogen (secondary N) is 1. The van der Waals surface area contributed by atoms with Crippen LogP contribution in [0, 0.1) is 0 Å². The van der Waals surface area contributed by atoms with Gasteiger partial charge >= 0.3 is 6.18 Å². The molecule has 0 bridgehead atoms. The van der Waals surface area contributed by atoms with Gasteiger partial charge in [-0.2, -0.15) is 18.3 Å². The fraction of sp³-hybridized carbons (Fsp3) is 0.111. The number of nitrogens with zero attached hydrogens (tertiary/aromatic N) is 4. The molecule has 4 aromatic heterocycles. The largest absolute Gasteiger partial charge is 0.463 e. The lowest BCUT2D eigenvalue weighted by atomic mass is 10.2. The summed E-state index contributed by atoms with van der Waals surface area (Å²) in [4.78, 5) is 20.5. The topological polar surface area (TPSA) is 85.3 Å². The Bertz CT molecular complexity index is 1120. The molecule has 1 N–H and O–H groups in total. The van der Waals surface area contributed by atoms with Crippen molar-refractivity contribution in [3.63, 3.8) is 0 Å². The van der Waals surface area contributed by atoms with Gasteiger partial charge in [0.1, 0.15) is 5.69 Å². The molecule has 4 heterocycles. The van der Waals surface area contributed by atoms with Gasteiger partial charge in [0.05, 0.1) is 18.5 Å². The number of carbonyl (C=O) groups excluding carboxylic acids is 1. The number of fused-ring (bicyclic) bond motifs is 1. The maximum Gasteiger partial charge on any atom is 0.433 e. The van der Waals surface area contributed by atoms with Crippen LogP contribution < -0.4 is 5.32 Å². The molecule has 0 radical (unpaired) electrons. The summed E-state index contributed by atoms with van der Waals surface area (Å²) in [6.45, 7) is 0.116. The second kappa shape index (κ2) is 6.80. The van der Waals surface area contributed by atoms with Crippen LogP contribution in [0.25, 0.3) is 17.1 Å². The molecule has 0 fully saturated rings. The average molecular weight is 387 g/mol. The molecule has 0 aliphatic rings. The Morgan fingerprint density at radius 1 is 1.18 bits per heavy atom. The molecule has 10 heteroatoms. The molecule has 0 aliphatic heterocycles. The highest BCUT2D eigenvalue weighted by Crippen LogP contribution is 2.32. The predicted octanol–water partition coefficient (Wildman–Crippen LogP) is 3.33. The summed E-state index contributed by atoms with van der Waals surface area (Å²) in [5.41, 5.74) is -0.776. The maximum absolute atomic E-state index is 13.5. The van der Waals surface area contributed by atoms with Gasteiger partial charge in [0, 0.05) is 12.3 Å². The first-order valence-electron chi connectivity index (χ1n) is 8.12. The van der Waals surface area contributed by atoms with Crippen molar-refractivity contribution in [3.8, 4) is 11.5 Å². The van der Waals surface area contributed by atoms with E-state index in [1.54, 1.807) is 30.5 Å². The number of alkyl halides is 3. The van der Waals surface area contributed by atoms with E-state index in [4.69, 9.17) is 4.42 Å². The number of amides is 1. The molecule has 1 amide bonds. The van der Waals surface area contributed by atoms with Gasteiger partial charge in [-0.25, -0.2) is 9.50 Å². The monoisotopic (exact) mass is 387 g/mol. The SMILES string of the molecule is O=C(NCc1ccccn1)c1cc2nc(-c3ccco3)cc(C(F)(F)F)n2n1. The van der Waals surface area contributed by atoms with Crippen molar-refractivity contribution in [3.05, 3.63) is 72.0 Å². The predicted molar refractivity (Wildman–Crippen MR) is 91.1 cm³/mol. The Labute approximate surface area is 155 Å². The Hall–Kier alpha value is -3.69. The van der Waals surface area contributed by atoms with Crippen LogP contribution in [0.3, 0.4) is 0 Å². The second-order valence-corrected chi connectivity index (χ2v) is 5.81. The number of rotatable bonds is 4. The van der Waals surface area contributed by atoms with Crippen LogP contribution in [-0.2, 0) is 12.7 Å². The summed E-state index contributed by atoms with van der Waals surface area (Å²) in [6.07, 6.45) is -1.79. The molecular formula is C18H12F3N5O2. The minimum Gasteiger partial charge on any atom is -0.463 e. The molecule has 4 aromatic rings. The Kier molecular flexibility index (Phi) is 4.30. The van der Waals surface area contributed by atoms with Crippen LogP contribution in [0.15, 0.2) is 59.3 Å². The molecule has 0 saturated carbocycles. The van der Waals surface area contributed by atoms with Crippen molar-refractivity contribution in [2.24, 2.45) is 0 Å². The van der Waals surface area contributed by atoms with Crippen molar-refractivity contribution < 1.29 is 22.4 Å². The molecule has 0 aliphatic carbocycles. The lowest BCUT2D eigenvalue weighted by molar-refractivity contribution is -0.142. The highest BCUT2D eigenvalue weighted by Gasteiger charge is 2.36. The number of halogens is 3. The minimum absolute atomic E-state index is 0.00910.